The van der Waals surface area contributed by atoms with Crippen LogP contribution in [0.5, 0.6) is 17.2 Å². The maximum atomic E-state index is 13.7. The molecule has 0 aromatic heterocycles. The molecule has 0 atom stereocenters. The zero-order valence-electron chi connectivity index (χ0n) is 21.4. The number of nitrogens with one attached hydrogen (secondary N) is 1. The third kappa shape index (κ3) is 5.73. The second kappa shape index (κ2) is 11.3. The monoisotopic (exact) mass is 512 g/mol. The Morgan fingerprint density at radius 3 is 2.06 bits per heavy atom. The van der Waals surface area contributed by atoms with Gasteiger partial charge in [-0.3, -0.25) is 9.10 Å². The smallest absolute Gasteiger partial charge is 0.264 e. The molecule has 192 valence electrons. The molecule has 3 aromatic rings. The van der Waals surface area contributed by atoms with Crippen LogP contribution in [0.4, 0.5) is 5.69 Å². The maximum absolute atomic E-state index is 13.7. The summed E-state index contributed by atoms with van der Waals surface area (Å²) in [5.74, 6) is 0.904. The van der Waals surface area contributed by atoms with Crippen LogP contribution in [-0.4, -0.2) is 42.2 Å². The summed E-state index contributed by atoms with van der Waals surface area (Å²) in [6.45, 7) is 5.39. The van der Waals surface area contributed by atoms with Crippen LogP contribution in [0.15, 0.2) is 59.5 Å². The zero-order valence-corrected chi connectivity index (χ0v) is 22.2. The van der Waals surface area contributed by atoms with Crippen LogP contribution in [0, 0.1) is 20.8 Å². The van der Waals surface area contributed by atoms with Gasteiger partial charge in [-0.15, -0.1) is 0 Å². The molecule has 8 nitrogen and oxygen atoms in total. The predicted octanol–water partition coefficient (Wildman–Crippen LogP) is 4.15. The number of hydrogen-bond donors (Lipinski definition) is 1. The molecule has 36 heavy (non-hydrogen) atoms. The van der Waals surface area contributed by atoms with Gasteiger partial charge < -0.3 is 19.5 Å². The zero-order chi connectivity index (χ0) is 26.5. The van der Waals surface area contributed by atoms with E-state index >= 15 is 0 Å². The van der Waals surface area contributed by atoms with E-state index in [1.54, 1.807) is 48.5 Å². The summed E-state index contributed by atoms with van der Waals surface area (Å²) >= 11 is 0. The lowest BCUT2D eigenvalue weighted by molar-refractivity contribution is -0.119. The van der Waals surface area contributed by atoms with Gasteiger partial charge >= 0.3 is 0 Å². The SMILES string of the molecule is COc1cc(CNC(=O)CN(c2cccc(C)c2C)S(=O)(=O)c2ccc(C)cc2)cc(OC)c1OC. The summed E-state index contributed by atoms with van der Waals surface area (Å²) in [6, 6.07) is 15.4. The number of sulfonamides is 1. The van der Waals surface area contributed by atoms with E-state index in [0.717, 1.165) is 21.0 Å². The highest BCUT2D eigenvalue weighted by Crippen LogP contribution is 2.38. The molecule has 9 heteroatoms. The lowest BCUT2D eigenvalue weighted by Gasteiger charge is -2.26. The molecule has 0 spiro atoms. The van der Waals surface area contributed by atoms with Crippen LogP contribution in [-0.2, 0) is 21.4 Å². The molecule has 0 fully saturated rings. The molecule has 0 bridgehead atoms. The van der Waals surface area contributed by atoms with Gasteiger partial charge in [0.25, 0.3) is 10.0 Å². The molecule has 0 aliphatic rings. The van der Waals surface area contributed by atoms with Gasteiger partial charge in [-0.1, -0.05) is 29.8 Å². The normalized spacial score (nSPS) is 11.1. The van der Waals surface area contributed by atoms with E-state index in [0.29, 0.717) is 28.5 Å². The molecule has 0 unspecified atom stereocenters. The first-order valence-electron chi connectivity index (χ1n) is 11.3. The molecule has 3 aromatic carbocycles. The van der Waals surface area contributed by atoms with Crippen LogP contribution in [0.2, 0.25) is 0 Å². The van der Waals surface area contributed by atoms with E-state index in [1.807, 2.05) is 26.8 Å². The molecule has 0 saturated heterocycles. The number of carbonyl (C=O) groups excluding carboxylic acids is 1. The summed E-state index contributed by atoms with van der Waals surface area (Å²) in [4.78, 5) is 13.2. The van der Waals surface area contributed by atoms with Gasteiger partial charge in [-0.2, -0.15) is 0 Å². The van der Waals surface area contributed by atoms with Gasteiger partial charge in [0.15, 0.2) is 11.5 Å². The van der Waals surface area contributed by atoms with Crippen LogP contribution >= 0.6 is 0 Å². The lowest BCUT2D eigenvalue weighted by atomic mass is 10.1. The molecule has 1 amide bonds. The number of aryl methyl sites for hydroxylation is 2. The second-order valence-electron chi connectivity index (χ2n) is 8.35. The number of rotatable bonds is 10. The molecule has 3 rings (SSSR count). The van der Waals surface area contributed by atoms with Gasteiger partial charge in [0.2, 0.25) is 11.7 Å². The summed E-state index contributed by atoms with van der Waals surface area (Å²) in [6.07, 6.45) is 0. The molecular weight excluding hydrogens is 480 g/mol. The second-order valence-corrected chi connectivity index (χ2v) is 10.2. The van der Waals surface area contributed by atoms with Crippen molar-refractivity contribution in [3.05, 3.63) is 76.9 Å². The fourth-order valence-electron chi connectivity index (χ4n) is 3.77. The quantitative estimate of drug-likeness (QED) is 0.439. The third-order valence-electron chi connectivity index (χ3n) is 5.96. The first-order chi connectivity index (χ1) is 17.1. The van der Waals surface area contributed by atoms with E-state index in [2.05, 4.69) is 5.32 Å². The number of carbonyl (C=O) groups is 1. The molecule has 0 saturated carbocycles. The molecule has 0 heterocycles. The minimum absolute atomic E-state index is 0.117. The Bertz CT molecular complexity index is 1310. The van der Waals surface area contributed by atoms with Crippen molar-refractivity contribution in [3.8, 4) is 17.2 Å². The summed E-state index contributed by atoms with van der Waals surface area (Å²) in [5.41, 5.74) is 3.81. The van der Waals surface area contributed by atoms with Crippen molar-refractivity contribution < 1.29 is 27.4 Å². The van der Waals surface area contributed by atoms with Crippen molar-refractivity contribution in [2.75, 3.05) is 32.2 Å². The van der Waals surface area contributed by atoms with Gasteiger partial charge in [-0.25, -0.2) is 8.42 Å². The Morgan fingerprint density at radius 1 is 0.889 bits per heavy atom. The van der Waals surface area contributed by atoms with Crippen LogP contribution in [0.1, 0.15) is 22.3 Å². The lowest BCUT2D eigenvalue weighted by Crippen LogP contribution is -2.41. The Kier molecular flexibility index (Phi) is 8.47. The summed E-state index contributed by atoms with van der Waals surface area (Å²) < 4.78 is 44.5. The molecule has 0 radical (unpaired) electrons. The number of benzene rings is 3. The van der Waals surface area contributed by atoms with E-state index in [4.69, 9.17) is 14.2 Å². The topological polar surface area (TPSA) is 94.2 Å². The largest absolute Gasteiger partial charge is 0.493 e. The number of methoxy groups -OCH3 is 3. The minimum atomic E-state index is -4.00. The van der Waals surface area contributed by atoms with Crippen molar-refractivity contribution >= 4 is 21.6 Å². The van der Waals surface area contributed by atoms with E-state index in [1.165, 1.54) is 21.3 Å². The average Bonchev–Trinajstić information content (AvgIpc) is 2.87. The average molecular weight is 513 g/mol. The van der Waals surface area contributed by atoms with Crippen molar-refractivity contribution in [3.63, 3.8) is 0 Å². The highest BCUT2D eigenvalue weighted by atomic mass is 32.2. The maximum Gasteiger partial charge on any atom is 0.264 e. The van der Waals surface area contributed by atoms with Crippen LogP contribution in [0.3, 0.4) is 0 Å². The third-order valence-corrected chi connectivity index (χ3v) is 7.73. The van der Waals surface area contributed by atoms with Gasteiger partial charge in [0.05, 0.1) is 31.9 Å². The number of hydrogen-bond acceptors (Lipinski definition) is 6. The predicted molar refractivity (Wildman–Crippen MR) is 140 cm³/mol. The Labute approximate surface area is 212 Å². The number of ether oxygens (including phenoxy) is 3. The molecule has 0 aliphatic carbocycles. The van der Waals surface area contributed by atoms with Crippen molar-refractivity contribution in [2.24, 2.45) is 0 Å². The van der Waals surface area contributed by atoms with Crippen LogP contribution < -0.4 is 23.8 Å². The first kappa shape index (κ1) is 26.9. The van der Waals surface area contributed by atoms with Gasteiger partial charge in [0, 0.05) is 6.54 Å². The summed E-state index contributed by atoms with van der Waals surface area (Å²) in [5, 5.41) is 2.81. The number of amides is 1. The number of anilines is 1. The number of nitrogens with zero attached hydrogens (tertiary/aromatic N) is 1. The molecule has 0 aliphatic heterocycles. The first-order valence-corrected chi connectivity index (χ1v) is 12.8. The molecule has 1 N–H and O–H groups in total. The Morgan fingerprint density at radius 2 is 1.50 bits per heavy atom. The highest BCUT2D eigenvalue weighted by Gasteiger charge is 2.28. The van der Waals surface area contributed by atoms with Crippen molar-refractivity contribution in [1.82, 2.24) is 5.32 Å². The van der Waals surface area contributed by atoms with Gasteiger partial charge in [-0.05, 0) is 67.8 Å². The minimum Gasteiger partial charge on any atom is -0.493 e. The molecular formula is C27H32N2O6S. The van der Waals surface area contributed by atoms with Crippen molar-refractivity contribution in [2.45, 2.75) is 32.2 Å². The van der Waals surface area contributed by atoms with E-state index in [9.17, 15) is 13.2 Å². The Hall–Kier alpha value is -3.72. The fourth-order valence-corrected chi connectivity index (χ4v) is 5.25. The van der Waals surface area contributed by atoms with Crippen LogP contribution in [0.25, 0.3) is 0 Å². The van der Waals surface area contributed by atoms with Gasteiger partial charge in [0.1, 0.15) is 6.54 Å². The summed E-state index contributed by atoms with van der Waals surface area (Å²) in [7, 11) is 0.533. The standard InChI is InChI=1S/C27H32N2O6S/c1-18-10-12-22(13-11-18)36(31,32)29(23-9-7-8-19(2)20(23)3)17-26(30)28-16-21-14-24(33-4)27(35-6)25(15-21)34-5/h7-15H,16-17H2,1-6H3,(H,28,30). The highest BCUT2D eigenvalue weighted by molar-refractivity contribution is 7.92. The van der Waals surface area contributed by atoms with E-state index < -0.39 is 15.9 Å². The fraction of sp³-hybridized carbons (Fsp3) is 0.296. The van der Waals surface area contributed by atoms with Crippen molar-refractivity contribution in [1.29, 1.82) is 0 Å². The Balaban J connectivity index is 1.90. The van der Waals surface area contributed by atoms with E-state index in [-0.39, 0.29) is 18.0 Å².